The van der Waals surface area contributed by atoms with Crippen LogP contribution in [-0.2, 0) is 10.0 Å². The lowest BCUT2D eigenvalue weighted by Crippen LogP contribution is -2.24. The lowest BCUT2D eigenvalue weighted by molar-refractivity contribution is 0.102. The third-order valence-electron chi connectivity index (χ3n) is 5.16. The minimum atomic E-state index is -3.72. The summed E-state index contributed by atoms with van der Waals surface area (Å²) in [5.41, 5.74) is 0.292. The molecule has 1 aliphatic carbocycles. The summed E-state index contributed by atoms with van der Waals surface area (Å²) in [5, 5.41) is 11.3. The van der Waals surface area contributed by atoms with Gasteiger partial charge in [0, 0.05) is 24.7 Å². The number of pyridine rings is 1. The van der Waals surface area contributed by atoms with Crippen molar-refractivity contribution in [3.05, 3.63) is 48.2 Å². The molecule has 0 atom stereocenters. The monoisotopic (exact) mass is 442 g/mol. The molecule has 1 fully saturated rings. The topological polar surface area (TPSA) is 121 Å². The Bertz CT molecular complexity index is 1030. The van der Waals surface area contributed by atoms with Gasteiger partial charge in [-0.05, 0) is 55.2 Å². The molecule has 8 nitrogen and oxygen atoms in total. The van der Waals surface area contributed by atoms with E-state index in [-0.39, 0.29) is 17.9 Å². The Labute approximate surface area is 182 Å². The molecule has 164 valence electrons. The van der Waals surface area contributed by atoms with Crippen molar-refractivity contribution in [3.8, 4) is 11.8 Å². The molecule has 2 N–H and O–H groups in total. The van der Waals surface area contributed by atoms with Gasteiger partial charge in [-0.1, -0.05) is 19.3 Å². The fraction of sp³-hybridized carbons (Fsp3) is 0.409. The maximum atomic E-state index is 12.6. The van der Waals surface area contributed by atoms with Gasteiger partial charge in [-0.15, -0.1) is 0 Å². The second-order valence-electron chi connectivity index (χ2n) is 7.45. The number of carbonyl (C=O) groups is 1. The molecule has 0 aliphatic heterocycles. The van der Waals surface area contributed by atoms with Crippen LogP contribution in [0.25, 0.3) is 0 Å². The second-order valence-corrected chi connectivity index (χ2v) is 9.22. The summed E-state index contributed by atoms with van der Waals surface area (Å²) in [6, 6.07) is 11.0. The van der Waals surface area contributed by atoms with Crippen LogP contribution in [0.3, 0.4) is 0 Å². The number of nitrogens with zero attached hydrogens (tertiary/aromatic N) is 2. The van der Waals surface area contributed by atoms with Gasteiger partial charge in [-0.3, -0.25) is 4.79 Å². The van der Waals surface area contributed by atoms with Crippen LogP contribution in [0.15, 0.2) is 47.5 Å². The van der Waals surface area contributed by atoms with Crippen molar-refractivity contribution in [2.75, 3.05) is 18.5 Å². The largest absolute Gasteiger partial charge is 0.489 e. The molecule has 0 unspecified atom stereocenters. The van der Waals surface area contributed by atoms with E-state index in [4.69, 9.17) is 10.00 Å². The Kier molecular flexibility index (Phi) is 7.98. The molecular weight excluding hydrogens is 416 g/mol. The molecular formula is C22H26N4O4S. The van der Waals surface area contributed by atoms with E-state index in [2.05, 4.69) is 15.0 Å². The SMILES string of the molecule is N#CCCNS(=O)(=O)c1ccc(C(=O)Nc2ncccc2OCC2CCCCC2)cc1. The Balaban J connectivity index is 1.63. The lowest BCUT2D eigenvalue weighted by atomic mass is 9.90. The van der Waals surface area contributed by atoms with Gasteiger partial charge >= 0.3 is 0 Å². The van der Waals surface area contributed by atoms with Gasteiger partial charge in [-0.25, -0.2) is 18.1 Å². The van der Waals surface area contributed by atoms with E-state index in [0.29, 0.717) is 29.7 Å². The fourth-order valence-electron chi connectivity index (χ4n) is 3.45. The molecule has 1 aromatic carbocycles. The molecule has 0 saturated heterocycles. The molecule has 1 aliphatic rings. The number of carbonyl (C=O) groups excluding carboxylic acids is 1. The van der Waals surface area contributed by atoms with E-state index in [9.17, 15) is 13.2 Å². The highest BCUT2D eigenvalue weighted by Gasteiger charge is 2.17. The number of sulfonamides is 1. The van der Waals surface area contributed by atoms with Gasteiger partial charge in [-0.2, -0.15) is 5.26 Å². The van der Waals surface area contributed by atoms with Crippen molar-refractivity contribution < 1.29 is 17.9 Å². The van der Waals surface area contributed by atoms with E-state index in [1.54, 1.807) is 18.3 Å². The smallest absolute Gasteiger partial charge is 0.256 e. The van der Waals surface area contributed by atoms with Crippen LogP contribution in [-0.4, -0.2) is 32.5 Å². The van der Waals surface area contributed by atoms with Crippen molar-refractivity contribution in [2.24, 2.45) is 5.92 Å². The van der Waals surface area contributed by atoms with Crippen molar-refractivity contribution in [1.29, 1.82) is 5.26 Å². The van der Waals surface area contributed by atoms with Gasteiger partial charge in [0.1, 0.15) is 0 Å². The molecule has 1 heterocycles. The number of aromatic nitrogens is 1. The number of ether oxygens (including phenoxy) is 1. The molecule has 2 aromatic rings. The molecule has 1 aromatic heterocycles. The molecule has 3 rings (SSSR count). The van der Waals surface area contributed by atoms with Crippen LogP contribution in [0.2, 0.25) is 0 Å². The lowest BCUT2D eigenvalue weighted by Gasteiger charge is -2.22. The molecule has 31 heavy (non-hydrogen) atoms. The van der Waals surface area contributed by atoms with Crippen molar-refractivity contribution in [3.63, 3.8) is 0 Å². The Morgan fingerprint density at radius 2 is 1.90 bits per heavy atom. The molecule has 1 amide bonds. The minimum absolute atomic E-state index is 0.0244. The predicted molar refractivity (Wildman–Crippen MR) is 116 cm³/mol. The van der Waals surface area contributed by atoms with Gasteiger partial charge in [0.2, 0.25) is 10.0 Å². The summed E-state index contributed by atoms with van der Waals surface area (Å²) in [7, 11) is -3.72. The van der Waals surface area contributed by atoms with Gasteiger partial charge in [0.05, 0.1) is 17.6 Å². The quantitative estimate of drug-likeness (QED) is 0.574. The predicted octanol–water partition coefficient (Wildman–Crippen LogP) is 3.48. The number of benzene rings is 1. The molecule has 0 bridgehead atoms. The summed E-state index contributed by atoms with van der Waals surface area (Å²) < 4.78 is 32.6. The van der Waals surface area contributed by atoms with E-state index in [1.165, 1.54) is 43.5 Å². The number of hydrogen-bond acceptors (Lipinski definition) is 6. The van der Waals surface area contributed by atoms with Crippen molar-refractivity contribution in [2.45, 2.75) is 43.4 Å². The van der Waals surface area contributed by atoms with E-state index < -0.39 is 15.9 Å². The first-order valence-electron chi connectivity index (χ1n) is 10.4. The Morgan fingerprint density at radius 1 is 1.16 bits per heavy atom. The van der Waals surface area contributed by atoms with Gasteiger partial charge in [0.25, 0.3) is 5.91 Å². The molecule has 0 radical (unpaired) electrons. The zero-order valence-electron chi connectivity index (χ0n) is 17.2. The zero-order valence-corrected chi connectivity index (χ0v) is 18.0. The highest BCUT2D eigenvalue weighted by atomic mass is 32.2. The fourth-order valence-corrected chi connectivity index (χ4v) is 4.48. The zero-order chi connectivity index (χ0) is 22.1. The maximum absolute atomic E-state index is 12.6. The molecule has 0 spiro atoms. The normalized spacial score (nSPS) is 14.5. The standard InChI is InChI=1S/C22H26N4O4S/c23-13-5-15-25-31(28,29)19-11-9-18(10-12-19)22(27)26-21-20(8-4-14-24-21)30-16-17-6-2-1-3-7-17/h4,8-12,14,17,25H,1-3,5-7,15-16H2,(H,24,26,27). The Morgan fingerprint density at radius 3 is 2.61 bits per heavy atom. The number of hydrogen-bond donors (Lipinski definition) is 2. The minimum Gasteiger partial charge on any atom is -0.489 e. The summed E-state index contributed by atoms with van der Waals surface area (Å²) in [6.07, 6.45) is 7.70. The van der Waals surface area contributed by atoms with Crippen LogP contribution >= 0.6 is 0 Å². The Hall–Kier alpha value is -2.96. The summed E-state index contributed by atoms with van der Waals surface area (Å²) >= 11 is 0. The molecule has 9 heteroatoms. The van der Waals surface area contributed by atoms with Crippen LogP contribution in [0, 0.1) is 17.2 Å². The van der Waals surface area contributed by atoms with Crippen molar-refractivity contribution >= 4 is 21.7 Å². The summed E-state index contributed by atoms with van der Waals surface area (Å²) in [5.74, 6) is 0.955. The molecule has 1 saturated carbocycles. The van der Waals surface area contributed by atoms with E-state index >= 15 is 0 Å². The van der Waals surface area contributed by atoms with Crippen molar-refractivity contribution in [1.82, 2.24) is 9.71 Å². The first-order chi connectivity index (χ1) is 15.0. The van der Waals surface area contributed by atoms with Crippen LogP contribution < -0.4 is 14.8 Å². The average molecular weight is 443 g/mol. The van der Waals surface area contributed by atoms with E-state index in [0.717, 1.165) is 12.8 Å². The highest BCUT2D eigenvalue weighted by Crippen LogP contribution is 2.27. The van der Waals surface area contributed by atoms with Gasteiger partial charge < -0.3 is 10.1 Å². The maximum Gasteiger partial charge on any atom is 0.256 e. The third kappa shape index (κ3) is 6.51. The second kappa shape index (κ2) is 10.9. The number of amides is 1. The van der Waals surface area contributed by atoms with E-state index in [1.807, 2.05) is 6.07 Å². The van der Waals surface area contributed by atoms with Crippen LogP contribution in [0.1, 0.15) is 48.9 Å². The number of anilines is 1. The average Bonchev–Trinajstić information content (AvgIpc) is 2.79. The first kappa shape index (κ1) is 22.7. The first-order valence-corrected chi connectivity index (χ1v) is 11.8. The number of rotatable bonds is 9. The summed E-state index contributed by atoms with van der Waals surface area (Å²) in [6.45, 7) is 0.629. The summed E-state index contributed by atoms with van der Waals surface area (Å²) in [4.78, 5) is 16.9. The van der Waals surface area contributed by atoms with Gasteiger partial charge in [0.15, 0.2) is 11.6 Å². The van der Waals surface area contributed by atoms with Crippen LogP contribution in [0.5, 0.6) is 5.75 Å². The number of nitriles is 1. The van der Waals surface area contributed by atoms with Crippen LogP contribution in [0.4, 0.5) is 5.82 Å². The highest BCUT2D eigenvalue weighted by molar-refractivity contribution is 7.89. The number of nitrogens with one attached hydrogen (secondary N) is 2. The third-order valence-corrected chi connectivity index (χ3v) is 6.63.